The number of anilines is 1. The van der Waals surface area contributed by atoms with Crippen LogP contribution in [-0.4, -0.2) is 34.5 Å². The van der Waals surface area contributed by atoms with Gasteiger partial charge in [-0.25, -0.2) is 9.97 Å². The molecule has 0 aliphatic heterocycles. The van der Waals surface area contributed by atoms with E-state index in [-0.39, 0.29) is 0 Å². The van der Waals surface area contributed by atoms with E-state index < -0.39 is 0 Å². The minimum Gasteiger partial charge on any atom is -0.370 e. The van der Waals surface area contributed by atoms with Crippen LogP contribution in [0.15, 0.2) is 6.07 Å². The number of nitrogens with zero attached hydrogens (tertiary/aromatic N) is 3. The maximum absolute atomic E-state index is 4.66. The van der Waals surface area contributed by atoms with Gasteiger partial charge in [-0.3, -0.25) is 4.90 Å². The van der Waals surface area contributed by atoms with Crippen LogP contribution in [0, 0.1) is 18.8 Å². The Morgan fingerprint density at radius 2 is 1.71 bits per heavy atom. The molecule has 0 fully saturated rings. The van der Waals surface area contributed by atoms with Gasteiger partial charge in [0.1, 0.15) is 11.6 Å². The maximum atomic E-state index is 4.66. The van der Waals surface area contributed by atoms with E-state index in [1.165, 1.54) is 0 Å². The second-order valence-corrected chi connectivity index (χ2v) is 6.72. The molecule has 1 aromatic rings. The molecule has 0 unspecified atom stereocenters. The number of aromatic nitrogens is 2. The molecule has 21 heavy (non-hydrogen) atoms. The van der Waals surface area contributed by atoms with Gasteiger partial charge in [-0.15, -0.1) is 0 Å². The lowest BCUT2D eigenvalue weighted by Crippen LogP contribution is -2.31. The Bertz CT molecular complexity index is 405. The van der Waals surface area contributed by atoms with Gasteiger partial charge in [0.2, 0.25) is 0 Å². The average Bonchev–Trinajstić information content (AvgIpc) is 2.33. The molecule has 4 heteroatoms. The van der Waals surface area contributed by atoms with Crippen molar-refractivity contribution in [3.63, 3.8) is 0 Å². The van der Waals surface area contributed by atoms with E-state index in [0.717, 1.165) is 49.9 Å². The third kappa shape index (κ3) is 7.42. The van der Waals surface area contributed by atoms with Crippen LogP contribution >= 0.6 is 0 Å². The Kier molecular flexibility index (Phi) is 7.65. The van der Waals surface area contributed by atoms with Gasteiger partial charge in [-0.2, -0.15) is 0 Å². The van der Waals surface area contributed by atoms with Crippen LogP contribution < -0.4 is 5.32 Å². The molecule has 1 heterocycles. The van der Waals surface area contributed by atoms with Crippen LogP contribution in [0.1, 0.15) is 52.6 Å². The van der Waals surface area contributed by atoms with Crippen molar-refractivity contribution in [3.8, 4) is 0 Å². The summed E-state index contributed by atoms with van der Waals surface area (Å²) in [7, 11) is 0. The van der Waals surface area contributed by atoms with Crippen LogP contribution in [0.5, 0.6) is 0 Å². The van der Waals surface area contributed by atoms with E-state index in [1.807, 2.05) is 13.0 Å². The third-order valence-corrected chi connectivity index (χ3v) is 3.07. The third-order valence-electron chi connectivity index (χ3n) is 3.07. The summed E-state index contributed by atoms with van der Waals surface area (Å²) >= 11 is 0. The average molecular weight is 292 g/mol. The van der Waals surface area contributed by atoms with Gasteiger partial charge in [0.15, 0.2) is 0 Å². The van der Waals surface area contributed by atoms with Crippen molar-refractivity contribution in [2.45, 2.75) is 54.5 Å². The molecule has 4 nitrogen and oxygen atoms in total. The summed E-state index contributed by atoms with van der Waals surface area (Å²) in [4.78, 5) is 11.7. The van der Waals surface area contributed by atoms with E-state index in [0.29, 0.717) is 11.8 Å². The molecule has 120 valence electrons. The predicted octanol–water partition coefficient (Wildman–Crippen LogP) is 3.72. The van der Waals surface area contributed by atoms with Crippen molar-refractivity contribution in [1.29, 1.82) is 0 Å². The van der Waals surface area contributed by atoms with Crippen LogP contribution in [0.2, 0.25) is 0 Å². The lowest BCUT2D eigenvalue weighted by molar-refractivity contribution is 0.206. The van der Waals surface area contributed by atoms with E-state index in [1.54, 1.807) is 0 Å². The first-order valence-corrected chi connectivity index (χ1v) is 8.21. The minimum absolute atomic E-state index is 0.659. The Labute approximate surface area is 130 Å². The fourth-order valence-corrected chi connectivity index (χ4v) is 2.48. The van der Waals surface area contributed by atoms with Crippen molar-refractivity contribution in [2.24, 2.45) is 11.8 Å². The summed E-state index contributed by atoms with van der Waals surface area (Å²) in [6, 6.07) is 2.02. The van der Waals surface area contributed by atoms with Gasteiger partial charge in [-0.05, 0) is 25.2 Å². The predicted molar refractivity (Wildman–Crippen MR) is 90.5 cm³/mol. The molecule has 0 amide bonds. The number of rotatable bonds is 9. The van der Waals surface area contributed by atoms with Crippen molar-refractivity contribution in [2.75, 3.05) is 25.0 Å². The molecule has 0 saturated heterocycles. The minimum atomic E-state index is 0.659. The quantitative estimate of drug-likeness (QED) is 0.753. The van der Waals surface area contributed by atoms with E-state index in [2.05, 4.69) is 54.8 Å². The summed E-state index contributed by atoms with van der Waals surface area (Å²) in [6.45, 7) is 17.2. The fraction of sp³-hybridized carbons (Fsp3) is 0.765. The highest BCUT2D eigenvalue weighted by molar-refractivity contribution is 5.35. The van der Waals surface area contributed by atoms with Gasteiger partial charge in [0, 0.05) is 31.4 Å². The Morgan fingerprint density at radius 3 is 2.24 bits per heavy atom. The molecule has 0 aromatic carbocycles. The lowest BCUT2D eigenvalue weighted by Gasteiger charge is -2.25. The van der Waals surface area contributed by atoms with Crippen molar-refractivity contribution in [3.05, 3.63) is 17.6 Å². The second-order valence-electron chi connectivity index (χ2n) is 6.72. The normalized spacial score (nSPS) is 11.7. The first-order valence-electron chi connectivity index (χ1n) is 8.21. The fourth-order valence-electron chi connectivity index (χ4n) is 2.48. The van der Waals surface area contributed by atoms with Crippen LogP contribution in [-0.2, 0) is 6.54 Å². The topological polar surface area (TPSA) is 41.1 Å². The van der Waals surface area contributed by atoms with E-state index in [9.17, 15) is 0 Å². The number of aryl methyl sites for hydroxylation is 1. The highest BCUT2D eigenvalue weighted by Gasteiger charge is 2.12. The van der Waals surface area contributed by atoms with Crippen molar-refractivity contribution in [1.82, 2.24) is 14.9 Å². The monoisotopic (exact) mass is 292 g/mol. The highest BCUT2D eigenvalue weighted by Crippen LogP contribution is 2.11. The summed E-state index contributed by atoms with van der Waals surface area (Å²) < 4.78 is 0. The molecule has 0 aliphatic rings. The summed E-state index contributed by atoms with van der Waals surface area (Å²) in [5, 5.41) is 3.36. The first-order chi connectivity index (χ1) is 9.90. The van der Waals surface area contributed by atoms with E-state index in [4.69, 9.17) is 0 Å². The molecule has 1 N–H and O–H groups in total. The molecule has 0 saturated carbocycles. The molecular weight excluding hydrogens is 260 g/mol. The van der Waals surface area contributed by atoms with Gasteiger partial charge in [0.05, 0.1) is 6.54 Å². The van der Waals surface area contributed by atoms with Gasteiger partial charge in [0.25, 0.3) is 0 Å². The Balaban J connectivity index is 2.78. The Morgan fingerprint density at radius 1 is 1.10 bits per heavy atom. The van der Waals surface area contributed by atoms with Crippen LogP contribution in [0.4, 0.5) is 5.82 Å². The summed E-state index contributed by atoms with van der Waals surface area (Å²) in [6.07, 6.45) is 1.10. The molecule has 1 aromatic heterocycles. The van der Waals surface area contributed by atoms with Gasteiger partial charge >= 0.3 is 0 Å². The van der Waals surface area contributed by atoms with Gasteiger partial charge < -0.3 is 5.32 Å². The zero-order valence-electron chi connectivity index (χ0n) is 14.6. The first kappa shape index (κ1) is 17.9. The zero-order chi connectivity index (χ0) is 15.8. The molecule has 0 radical (unpaired) electrons. The largest absolute Gasteiger partial charge is 0.370 e. The maximum Gasteiger partial charge on any atom is 0.144 e. The van der Waals surface area contributed by atoms with Crippen molar-refractivity contribution < 1.29 is 0 Å². The second kappa shape index (κ2) is 8.98. The summed E-state index contributed by atoms with van der Waals surface area (Å²) in [5.74, 6) is 3.20. The summed E-state index contributed by atoms with van der Waals surface area (Å²) in [5.41, 5.74) is 1.03. The van der Waals surface area contributed by atoms with Gasteiger partial charge in [-0.1, -0.05) is 34.6 Å². The highest BCUT2D eigenvalue weighted by atomic mass is 15.2. The molecule has 0 bridgehead atoms. The Hall–Kier alpha value is -1.16. The van der Waals surface area contributed by atoms with Crippen LogP contribution in [0.25, 0.3) is 0 Å². The smallest absolute Gasteiger partial charge is 0.144 e. The van der Waals surface area contributed by atoms with Crippen LogP contribution in [0.3, 0.4) is 0 Å². The van der Waals surface area contributed by atoms with E-state index >= 15 is 0 Å². The lowest BCUT2D eigenvalue weighted by atomic mass is 10.1. The number of hydrogen-bond donors (Lipinski definition) is 1. The van der Waals surface area contributed by atoms with Crippen molar-refractivity contribution >= 4 is 5.82 Å². The standard InChI is InChI=1S/C17H32N4/c1-7-8-18-16-9-15(6)19-17(20-16)12-21(10-13(2)3)11-14(4)5/h9,13-14H,7-8,10-12H2,1-6H3,(H,18,19,20). The molecule has 0 aliphatic carbocycles. The zero-order valence-corrected chi connectivity index (χ0v) is 14.6. The SMILES string of the molecule is CCCNc1cc(C)nc(CN(CC(C)C)CC(C)C)n1. The number of hydrogen-bond acceptors (Lipinski definition) is 4. The molecule has 1 rings (SSSR count). The molecular formula is C17H32N4. The molecule has 0 atom stereocenters. The molecule has 0 spiro atoms. The number of nitrogens with one attached hydrogen (secondary N) is 1.